The van der Waals surface area contributed by atoms with Crippen LogP contribution in [0, 0.1) is 23.3 Å². The molecule has 0 radical (unpaired) electrons. The van der Waals surface area contributed by atoms with Gasteiger partial charge in [0.25, 0.3) is 11.8 Å². The van der Waals surface area contributed by atoms with E-state index in [1.54, 1.807) is 38.1 Å². The van der Waals surface area contributed by atoms with Crippen molar-refractivity contribution in [1.82, 2.24) is 19.1 Å². The summed E-state index contributed by atoms with van der Waals surface area (Å²) in [5.41, 5.74) is 2.67. The molecule has 4 heterocycles. The number of ketones is 2. The van der Waals surface area contributed by atoms with E-state index in [2.05, 4.69) is 36.7 Å². The molecule has 12 rings (SSSR count). The lowest BCUT2D eigenvalue weighted by molar-refractivity contribution is 0.0955. The zero-order valence-electron chi connectivity index (χ0n) is 49.0. The SMILES string of the molecule is CCCS(=O)(=O)Nc1ccc(F)c(C(=O)c2cn(C(=O)c3c(Cl)cccc3Cl)c3ncc(-c4ccc5c(c4)C=CC5)cc23)c1F.CCCS(=O)(=O)Nc1ccc(F)c(C(=O)c2cn(C(=O)c3c(Cl)cccc3Cl)c3ncc(Br)cc23)c1F.OB(O)c1ccc2c(c1)C=CC2. The fourth-order valence-electron chi connectivity index (χ4n) is 10.4. The molecule has 6 aromatic carbocycles. The van der Waals surface area contributed by atoms with Crippen LogP contribution in [0.25, 0.3) is 45.3 Å². The number of hydrogen-bond acceptors (Lipinski definition) is 12. The maximum absolute atomic E-state index is 15.7. The topological polar surface area (TPSA) is 237 Å². The van der Waals surface area contributed by atoms with E-state index < -0.39 is 96.3 Å². The van der Waals surface area contributed by atoms with Gasteiger partial charge in [0.1, 0.15) is 22.9 Å². The van der Waals surface area contributed by atoms with Gasteiger partial charge in [-0.3, -0.25) is 37.8 Å². The number of hydrogen-bond donors (Lipinski definition) is 4. The van der Waals surface area contributed by atoms with Crippen LogP contribution in [0.2, 0.25) is 20.1 Å². The largest absolute Gasteiger partial charge is 0.488 e. The van der Waals surface area contributed by atoms with E-state index in [1.165, 1.54) is 48.3 Å². The molecule has 10 aromatic rings. The minimum atomic E-state index is -3.96. The van der Waals surface area contributed by atoms with Crippen molar-refractivity contribution in [3.05, 3.63) is 250 Å². The van der Waals surface area contributed by atoms with Gasteiger partial charge in [-0.05, 0) is 142 Å². The van der Waals surface area contributed by atoms with Gasteiger partial charge in [0, 0.05) is 45.6 Å². The Balaban J connectivity index is 0.000000176. The molecule has 28 heteroatoms. The van der Waals surface area contributed by atoms with Gasteiger partial charge < -0.3 is 10.0 Å². The second kappa shape index (κ2) is 28.3. The second-order valence-corrected chi connectivity index (χ2v) is 27.5. The van der Waals surface area contributed by atoms with Crippen molar-refractivity contribution in [2.75, 3.05) is 20.9 Å². The van der Waals surface area contributed by atoms with Gasteiger partial charge in [0.15, 0.2) is 11.6 Å². The first-order valence-corrected chi connectivity index (χ1v) is 34.0. The zero-order chi connectivity index (χ0) is 67.7. The van der Waals surface area contributed by atoms with Crippen molar-refractivity contribution < 1.29 is 63.6 Å². The summed E-state index contributed by atoms with van der Waals surface area (Å²) in [5.74, 6) is -9.53. The normalized spacial score (nSPS) is 12.2. The van der Waals surface area contributed by atoms with Crippen molar-refractivity contribution in [2.45, 2.75) is 39.5 Å². The number of benzene rings is 6. The molecule has 0 fully saturated rings. The molecule has 0 aliphatic heterocycles. The Hall–Kier alpha value is -8.30. The monoisotopic (exact) mass is 1450 g/mol. The molecule has 0 saturated heterocycles. The van der Waals surface area contributed by atoms with Gasteiger partial charge in [0.2, 0.25) is 31.6 Å². The molecule has 16 nitrogen and oxygen atoms in total. The van der Waals surface area contributed by atoms with Crippen molar-refractivity contribution in [1.29, 1.82) is 0 Å². The fraction of sp³-hybridized carbons (Fsp3) is 0.121. The molecule has 4 aromatic heterocycles. The summed E-state index contributed by atoms with van der Waals surface area (Å²) in [5, 5.41) is 18.2. The smallest absolute Gasteiger partial charge is 0.423 e. The van der Waals surface area contributed by atoms with Gasteiger partial charge in [-0.25, -0.2) is 44.4 Å². The van der Waals surface area contributed by atoms with Gasteiger partial charge >= 0.3 is 7.12 Å². The highest BCUT2D eigenvalue weighted by Gasteiger charge is 2.32. The molecule has 0 amide bonds. The minimum absolute atomic E-state index is 0.00755. The van der Waals surface area contributed by atoms with Crippen LogP contribution in [0.4, 0.5) is 28.9 Å². The van der Waals surface area contributed by atoms with E-state index in [4.69, 9.17) is 56.5 Å². The highest BCUT2D eigenvalue weighted by atomic mass is 79.9. The van der Waals surface area contributed by atoms with Crippen molar-refractivity contribution in [2.24, 2.45) is 0 Å². The van der Waals surface area contributed by atoms with Crippen molar-refractivity contribution >= 4 is 164 Å². The Bertz CT molecular complexity index is 5050. The molecule has 480 valence electrons. The molecule has 0 unspecified atom stereocenters. The first-order chi connectivity index (χ1) is 44.7. The van der Waals surface area contributed by atoms with E-state index in [-0.39, 0.29) is 88.8 Å². The third kappa shape index (κ3) is 14.4. The summed E-state index contributed by atoms with van der Waals surface area (Å²) in [6, 6.07) is 26.7. The summed E-state index contributed by atoms with van der Waals surface area (Å²) >= 11 is 28.2. The van der Waals surface area contributed by atoms with Gasteiger partial charge in [-0.1, -0.05) is 127 Å². The van der Waals surface area contributed by atoms with Crippen LogP contribution < -0.4 is 14.9 Å². The highest BCUT2D eigenvalue weighted by Crippen LogP contribution is 2.37. The Morgan fingerprint density at radius 1 is 0.564 bits per heavy atom. The third-order valence-corrected chi connectivity index (χ3v) is 19.5. The Labute approximate surface area is 563 Å². The third-order valence-electron chi connectivity index (χ3n) is 14.9. The second-order valence-electron chi connectivity index (χ2n) is 21.3. The number of carbonyl (C=O) groups excluding carboxylic acids is 4. The van der Waals surface area contributed by atoms with E-state index in [0.717, 1.165) is 80.9 Å². The van der Waals surface area contributed by atoms with Crippen LogP contribution in [-0.4, -0.2) is 88.0 Å². The summed E-state index contributed by atoms with van der Waals surface area (Å²) in [4.78, 5) is 63.3. The quantitative estimate of drug-likeness (QED) is 0.0402. The first-order valence-electron chi connectivity index (χ1n) is 28.4. The van der Waals surface area contributed by atoms with Crippen LogP contribution in [-0.2, 0) is 32.9 Å². The molecular weight excluding hydrogens is 1410 g/mol. The van der Waals surface area contributed by atoms with Crippen LogP contribution in [0.5, 0.6) is 0 Å². The van der Waals surface area contributed by atoms with E-state index in [9.17, 15) is 40.4 Å². The molecule has 0 bridgehead atoms. The molecule has 2 aliphatic rings. The summed E-state index contributed by atoms with van der Waals surface area (Å²) in [6.07, 6.45) is 15.5. The lowest BCUT2D eigenvalue weighted by Gasteiger charge is -2.11. The number of aromatic nitrogens is 4. The number of nitrogens with one attached hydrogen (secondary N) is 2. The maximum atomic E-state index is 15.7. The molecule has 0 saturated carbocycles. The molecular formula is C66H48BBrCl4F4N6O10S2. The number of carbonyl (C=O) groups is 4. The lowest BCUT2D eigenvalue weighted by atomic mass is 9.79. The Morgan fingerprint density at radius 3 is 1.46 bits per heavy atom. The van der Waals surface area contributed by atoms with Gasteiger partial charge in [0.05, 0.1) is 76.4 Å². The lowest BCUT2D eigenvalue weighted by Crippen LogP contribution is -2.29. The van der Waals surface area contributed by atoms with Crippen molar-refractivity contribution in [3.8, 4) is 11.1 Å². The van der Waals surface area contributed by atoms with Crippen LogP contribution >= 0.6 is 62.3 Å². The number of nitrogens with zero attached hydrogens (tertiary/aromatic N) is 4. The number of allylic oxidation sites excluding steroid dienone is 2. The minimum Gasteiger partial charge on any atom is -0.423 e. The fourth-order valence-corrected chi connectivity index (χ4v) is 14.2. The number of anilines is 2. The molecule has 4 N–H and O–H groups in total. The Morgan fingerprint density at radius 2 is 1.00 bits per heavy atom. The number of fused-ring (bicyclic) bond motifs is 4. The van der Waals surface area contributed by atoms with Crippen LogP contribution in [0.1, 0.15) is 102 Å². The van der Waals surface area contributed by atoms with E-state index in [1.807, 2.05) is 53.3 Å². The molecule has 2 aliphatic carbocycles. The summed E-state index contributed by atoms with van der Waals surface area (Å²) in [6.45, 7) is 3.25. The highest BCUT2D eigenvalue weighted by molar-refractivity contribution is 9.10. The maximum Gasteiger partial charge on any atom is 0.488 e. The van der Waals surface area contributed by atoms with Gasteiger partial charge in [-0.2, -0.15) is 0 Å². The molecule has 0 spiro atoms. The Kier molecular flexibility index (Phi) is 20.7. The molecule has 0 atom stereocenters. The number of sulfonamides is 2. The molecule has 94 heavy (non-hydrogen) atoms. The predicted octanol–water partition coefficient (Wildman–Crippen LogP) is 14.3. The number of pyridine rings is 2. The zero-order valence-corrected chi connectivity index (χ0v) is 55.2. The average molecular weight is 1460 g/mol. The number of halogens is 9. The first kappa shape index (κ1) is 68.6. The summed E-state index contributed by atoms with van der Waals surface area (Å²) in [7, 11) is -9.25. The van der Waals surface area contributed by atoms with Crippen molar-refractivity contribution in [3.63, 3.8) is 0 Å². The average Bonchev–Trinajstić information content (AvgIpc) is 1.59. The summed E-state index contributed by atoms with van der Waals surface area (Å²) < 4.78 is 117. The van der Waals surface area contributed by atoms with Crippen LogP contribution in [0.3, 0.4) is 0 Å². The van der Waals surface area contributed by atoms with E-state index >= 15 is 13.2 Å². The number of rotatable bonds is 16. The van der Waals surface area contributed by atoms with Gasteiger partial charge in [-0.15, -0.1) is 0 Å². The standard InChI is InChI=1S/C33H23Cl2F2N3O4S.C24H16BrCl2F2N3O4S.C9H9BO2/c1-2-13-45(43,44)39-27-12-11-26(36)29(30(27)37)31(41)23-17-40(33(42)28-24(34)7-4-8-25(28)35)32-22(23)15-21(16-38-32)20-10-9-18-5-3-6-19(18)14-20;1-2-8-37(35,36)31-18-7-6-17(28)20(21(18)29)22(33)14-11-32(23-13(14)9-12(25)10-30-23)24(34)19-15(26)4-3-5-16(19)27;11-10(12)9-5-4-7-2-1-3-8(7)6-9/h3-4,6-12,14-17,39H,2,5,13H2,1H3;3-7,9-11,31H,2,8H2,1H3;1,3-6,11-12H,2H2. The van der Waals surface area contributed by atoms with Crippen LogP contribution in [0.15, 0.2) is 151 Å². The van der Waals surface area contributed by atoms with E-state index in [0.29, 0.717) is 15.5 Å². The predicted molar refractivity (Wildman–Crippen MR) is 362 cm³/mol.